The largest absolute Gasteiger partial charge is 0.507 e. The summed E-state index contributed by atoms with van der Waals surface area (Å²) in [6.07, 6.45) is 0.378. The van der Waals surface area contributed by atoms with Gasteiger partial charge in [-0.3, -0.25) is 0 Å². The van der Waals surface area contributed by atoms with Crippen molar-refractivity contribution in [2.24, 2.45) is 5.10 Å². The maximum Gasteiger partial charge on any atom is 0.223 e. The molecule has 3 heterocycles. The molecule has 0 fully saturated rings. The molecule has 5 rings (SSSR count). The van der Waals surface area contributed by atoms with Gasteiger partial charge in [-0.1, -0.05) is 29.8 Å². The lowest BCUT2D eigenvalue weighted by atomic mass is 9.95. The molecule has 0 bridgehead atoms. The van der Waals surface area contributed by atoms with Gasteiger partial charge in [-0.05, 0) is 43.5 Å². The highest BCUT2D eigenvalue weighted by Gasteiger charge is 2.42. The Balaban J connectivity index is 1.62. The van der Waals surface area contributed by atoms with Crippen LogP contribution in [0.3, 0.4) is 0 Å². The first-order chi connectivity index (χ1) is 14.2. The average molecular weight is 407 g/mol. The van der Waals surface area contributed by atoms with Gasteiger partial charge in [-0.15, -0.1) is 11.3 Å². The molecule has 29 heavy (non-hydrogen) atoms. The number of hydrogen-bond donors (Lipinski definition) is 1. The summed E-state index contributed by atoms with van der Waals surface area (Å²) in [4.78, 5) is 1.09. The van der Waals surface area contributed by atoms with Crippen molar-refractivity contribution in [3.05, 3.63) is 75.5 Å². The van der Waals surface area contributed by atoms with Crippen LogP contribution in [0.1, 0.15) is 47.2 Å². The van der Waals surface area contributed by atoms with E-state index in [9.17, 15) is 5.11 Å². The SMILES string of the molecule is CCOc1cccc2c1OC(c1cccs1)N1N=C(c3cc(C)ccc3O)CC21. The molecule has 0 saturated heterocycles. The maximum atomic E-state index is 10.4. The Labute approximate surface area is 173 Å². The number of ether oxygens (including phenoxy) is 2. The molecule has 0 amide bonds. The molecule has 148 valence electrons. The number of thiophene rings is 1. The fourth-order valence-electron chi connectivity index (χ4n) is 4.02. The van der Waals surface area contributed by atoms with E-state index >= 15 is 0 Å². The van der Waals surface area contributed by atoms with Crippen molar-refractivity contribution >= 4 is 17.0 Å². The van der Waals surface area contributed by atoms with E-state index in [2.05, 4.69) is 12.1 Å². The second kappa shape index (κ2) is 7.12. The van der Waals surface area contributed by atoms with Crippen molar-refractivity contribution in [1.29, 1.82) is 0 Å². The first-order valence-corrected chi connectivity index (χ1v) is 10.6. The molecule has 2 unspecified atom stereocenters. The highest BCUT2D eigenvalue weighted by atomic mass is 32.1. The molecule has 2 atom stereocenters. The Morgan fingerprint density at radius 2 is 2.14 bits per heavy atom. The van der Waals surface area contributed by atoms with Gasteiger partial charge in [-0.2, -0.15) is 5.10 Å². The highest BCUT2D eigenvalue weighted by Crippen LogP contribution is 2.51. The number of aryl methyl sites for hydroxylation is 1. The minimum Gasteiger partial charge on any atom is -0.507 e. The molecule has 0 spiro atoms. The van der Waals surface area contributed by atoms with E-state index in [4.69, 9.17) is 14.6 Å². The van der Waals surface area contributed by atoms with Gasteiger partial charge < -0.3 is 14.6 Å². The zero-order chi connectivity index (χ0) is 20.0. The van der Waals surface area contributed by atoms with Gasteiger partial charge in [0.25, 0.3) is 0 Å². The molecule has 0 radical (unpaired) electrons. The minimum absolute atomic E-state index is 0.0289. The molecule has 3 aromatic rings. The second-order valence-electron chi connectivity index (χ2n) is 7.26. The van der Waals surface area contributed by atoms with Crippen LogP contribution in [0.2, 0.25) is 0 Å². The second-order valence-corrected chi connectivity index (χ2v) is 8.24. The minimum atomic E-state index is -0.321. The predicted molar refractivity (Wildman–Crippen MR) is 114 cm³/mol. The van der Waals surface area contributed by atoms with E-state index in [1.54, 1.807) is 17.4 Å². The zero-order valence-corrected chi connectivity index (χ0v) is 17.1. The summed E-state index contributed by atoms with van der Waals surface area (Å²) in [7, 11) is 0. The van der Waals surface area contributed by atoms with Crippen molar-refractivity contribution in [3.63, 3.8) is 0 Å². The van der Waals surface area contributed by atoms with Gasteiger partial charge >= 0.3 is 0 Å². The lowest BCUT2D eigenvalue weighted by Gasteiger charge is -2.38. The Kier molecular flexibility index (Phi) is 4.43. The van der Waals surface area contributed by atoms with Crippen molar-refractivity contribution < 1.29 is 14.6 Å². The molecular formula is C23H22N2O3S. The lowest BCUT2D eigenvalue weighted by Crippen LogP contribution is -2.33. The smallest absolute Gasteiger partial charge is 0.223 e. The van der Waals surface area contributed by atoms with Crippen LogP contribution in [0.4, 0.5) is 0 Å². The molecule has 5 nitrogen and oxygen atoms in total. The van der Waals surface area contributed by atoms with Gasteiger partial charge in [0.15, 0.2) is 11.5 Å². The number of hydrazone groups is 1. The summed E-state index contributed by atoms with van der Waals surface area (Å²) in [6, 6.07) is 15.8. The molecule has 2 aliphatic heterocycles. The van der Waals surface area contributed by atoms with Crippen LogP contribution in [0.25, 0.3) is 0 Å². The predicted octanol–water partition coefficient (Wildman–Crippen LogP) is 5.40. The fourth-order valence-corrected chi connectivity index (χ4v) is 4.76. The number of hydrogen-bond acceptors (Lipinski definition) is 6. The summed E-state index contributed by atoms with van der Waals surface area (Å²) in [5, 5.41) is 19.4. The summed E-state index contributed by atoms with van der Waals surface area (Å²) >= 11 is 1.65. The summed E-state index contributed by atoms with van der Waals surface area (Å²) in [6.45, 7) is 4.58. The van der Waals surface area contributed by atoms with Crippen molar-refractivity contribution in [3.8, 4) is 17.2 Å². The van der Waals surface area contributed by atoms with Crippen LogP contribution in [0, 0.1) is 6.92 Å². The molecule has 2 aromatic carbocycles. The molecule has 2 aliphatic rings. The fraction of sp³-hybridized carbons (Fsp3) is 0.261. The highest BCUT2D eigenvalue weighted by molar-refractivity contribution is 7.10. The first-order valence-electron chi connectivity index (χ1n) is 9.77. The maximum absolute atomic E-state index is 10.4. The number of para-hydroxylation sites is 1. The van der Waals surface area contributed by atoms with E-state index in [1.165, 1.54) is 0 Å². The molecule has 0 saturated carbocycles. The number of fused-ring (bicyclic) bond motifs is 3. The number of phenols is 1. The van der Waals surface area contributed by atoms with Gasteiger partial charge in [0, 0.05) is 17.5 Å². The summed E-state index contributed by atoms with van der Waals surface area (Å²) in [5.41, 5.74) is 3.81. The van der Waals surface area contributed by atoms with Crippen LogP contribution < -0.4 is 9.47 Å². The number of aromatic hydroxyl groups is 1. The quantitative estimate of drug-likeness (QED) is 0.630. The Morgan fingerprint density at radius 3 is 2.93 bits per heavy atom. The monoisotopic (exact) mass is 406 g/mol. The topological polar surface area (TPSA) is 54.3 Å². The average Bonchev–Trinajstić information content (AvgIpc) is 3.40. The van der Waals surface area contributed by atoms with Crippen LogP contribution in [-0.2, 0) is 0 Å². The van der Waals surface area contributed by atoms with Crippen LogP contribution in [0.15, 0.2) is 59.0 Å². The van der Waals surface area contributed by atoms with Gasteiger partial charge in [0.1, 0.15) is 5.75 Å². The Morgan fingerprint density at radius 1 is 1.24 bits per heavy atom. The number of phenolic OH excluding ortho intramolecular Hbond substituents is 1. The van der Waals surface area contributed by atoms with Crippen molar-refractivity contribution in [2.75, 3.05) is 6.61 Å². The van der Waals surface area contributed by atoms with Gasteiger partial charge in [0.2, 0.25) is 6.23 Å². The van der Waals surface area contributed by atoms with Gasteiger partial charge in [0.05, 0.1) is 23.2 Å². The van der Waals surface area contributed by atoms with Crippen LogP contribution >= 0.6 is 11.3 Å². The lowest BCUT2D eigenvalue weighted by molar-refractivity contribution is -0.0188. The molecular weight excluding hydrogens is 384 g/mol. The van der Waals surface area contributed by atoms with E-state index in [1.807, 2.05) is 54.6 Å². The number of rotatable bonds is 4. The van der Waals surface area contributed by atoms with Gasteiger partial charge in [-0.25, -0.2) is 5.01 Å². The van der Waals surface area contributed by atoms with Crippen LogP contribution in [0.5, 0.6) is 17.2 Å². The number of benzene rings is 2. The standard InChI is InChI=1S/C23H22N2O3S/c1-3-27-20-7-4-6-15-18-13-17(16-12-14(2)9-10-19(16)26)24-25(18)23(28-22(15)20)21-8-5-11-29-21/h4-12,18,23,26H,3,13H2,1-2H3. The van der Waals surface area contributed by atoms with E-state index in [0.29, 0.717) is 13.0 Å². The summed E-state index contributed by atoms with van der Waals surface area (Å²) in [5.74, 6) is 1.81. The van der Waals surface area contributed by atoms with Crippen LogP contribution in [-0.4, -0.2) is 22.4 Å². The molecule has 1 N–H and O–H groups in total. The number of nitrogens with zero attached hydrogens (tertiary/aromatic N) is 2. The Bertz CT molecular complexity index is 1080. The molecule has 0 aliphatic carbocycles. The molecule has 1 aromatic heterocycles. The third kappa shape index (κ3) is 3.04. The third-order valence-corrected chi connectivity index (χ3v) is 6.23. The normalized spacial score (nSPS) is 19.9. The van der Waals surface area contributed by atoms with E-state index in [-0.39, 0.29) is 18.0 Å². The van der Waals surface area contributed by atoms with Crippen molar-refractivity contribution in [1.82, 2.24) is 5.01 Å². The van der Waals surface area contributed by atoms with E-state index < -0.39 is 0 Å². The molecule has 6 heteroatoms. The summed E-state index contributed by atoms with van der Waals surface area (Å²) < 4.78 is 12.3. The van der Waals surface area contributed by atoms with E-state index in [0.717, 1.165) is 38.8 Å². The zero-order valence-electron chi connectivity index (χ0n) is 16.3. The van der Waals surface area contributed by atoms with Crippen molar-refractivity contribution in [2.45, 2.75) is 32.5 Å². The Hall–Kier alpha value is -2.99. The third-order valence-electron chi connectivity index (χ3n) is 5.33. The first kappa shape index (κ1) is 18.1.